The molecule has 20 heavy (non-hydrogen) atoms. The number of rotatable bonds is 7. The number of hydrogen-bond donors (Lipinski definition) is 2. The minimum atomic E-state index is -3.69. The van der Waals surface area contributed by atoms with Crippen LogP contribution in [0, 0.1) is 0 Å². The van der Waals surface area contributed by atoms with E-state index in [2.05, 4.69) is 4.72 Å². The molecular formula is C12H17ClN2O2S3. The van der Waals surface area contributed by atoms with E-state index < -0.39 is 10.0 Å². The van der Waals surface area contributed by atoms with Crippen LogP contribution in [0.4, 0.5) is 0 Å². The zero-order valence-electron chi connectivity index (χ0n) is 11.2. The van der Waals surface area contributed by atoms with E-state index in [4.69, 9.17) is 29.6 Å². The van der Waals surface area contributed by atoms with Crippen molar-refractivity contribution in [2.45, 2.75) is 24.8 Å². The molecule has 4 nitrogen and oxygen atoms in total. The third-order valence-corrected chi connectivity index (χ3v) is 5.88. The molecule has 0 aliphatic rings. The van der Waals surface area contributed by atoms with E-state index in [1.54, 1.807) is 17.8 Å². The summed E-state index contributed by atoms with van der Waals surface area (Å²) in [6, 6.07) is 4.29. The Kier molecular flexibility index (Phi) is 6.74. The average Bonchev–Trinajstić information content (AvgIpc) is 2.35. The molecule has 1 aromatic carbocycles. The van der Waals surface area contributed by atoms with Crippen molar-refractivity contribution in [1.29, 1.82) is 0 Å². The molecule has 0 amide bonds. The molecule has 1 atom stereocenters. The molecule has 0 aliphatic heterocycles. The number of benzene rings is 1. The van der Waals surface area contributed by atoms with Gasteiger partial charge in [-0.3, -0.25) is 0 Å². The van der Waals surface area contributed by atoms with Crippen LogP contribution in [0.15, 0.2) is 23.1 Å². The molecule has 8 heteroatoms. The largest absolute Gasteiger partial charge is 0.389 e. The van der Waals surface area contributed by atoms with Crippen LogP contribution in [-0.4, -0.2) is 31.0 Å². The first-order valence-electron chi connectivity index (χ1n) is 5.97. The summed E-state index contributed by atoms with van der Waals surface area (Å²) >= 11 is 12.5. The van der Waals surface area contributed by atoms with Gasteiger partial charge in [-0.05, 0) is 24.8 Å². The number of nitrogens with one attached hydrogen (secondary N) is 1. The summed E-state index contributed by atoms with van der Waals surface area (Å²) in [5.74, 6) is 1.63. The lowest BCUT2D eigenvalue weighted by Crippen LogP contribution is -2.34. The average molecular weight is 353 g/mol. The van der Waals surface area contributed by atoms with E-state index in [1.807, 2.05) is 13.8 Å². The fourth-order valence-corrected chi connectivity index (χ4v) is 4.19. The van der Waals surface area contributed by atoms with Crippen LogP contribution in [0.2, 0.25) is 5.02 Å². The minimum Gasteiger partial charge on any atom is -0.389 e. The zero-order chi connectivity index (χ0) is 15.3. The Balaban J connectivity index is 3.03. The molecule has 0 aromatic heterocycles. The van der Waals surface area contributed by atoms with Crippen LogP contribution >= 0.6 is 35.6 Å². The molecule has 1 unspecified atom stereocenters. The Morgan fingerprint density at radius 2 is 2.20 bits per heavy atom. The second kappa shape index (κ2) is 7.61. The van der Waals surface area contributed by atoms with Gasteiger partial charge in [0.25, 0.3) is 0 Å². The van der Waals surface area contributed by atoms with Gasteiger partial charge in [-0.2, -0.15) is 11.8 Å². The molecule has 0 saturated heterocycles. The molecule has 0 aliphatic carbocycles. The molecular weight excluding hydrogens is 336 g/mol. The van der Waals surface area contributed by atoms with E-state index >= 15 is 0 Å². The maximum atomic E-state index is 12.3. The summed E-state index contributed by atoms with van der Waals surface area (Å²) < 4.78 is 27.2. The number of sulfonamides is 1. The van der Waals surface area contributed by atoms with E-state index in [-0.39, 0.29) is 20.9 Å². The van der Waals surface area contributed by atoms with Crippen molar-refractivity contribution in [1.82, 2.24) is 4.72 Å². The number of halogens is 1. The molecule has 0 saturated carbocycles. The summed E-state index contributed by atoms with van der Waals surface area (Å²) in [7, 11) is -3.69. The normalized spacial score (nSPS) is 13.2. The summed E-state index contributed by atoms with van der Waals surface area (Å²) in [6.07, 6.45) is 0. The summed E-state index contributed by atoms with van der Waals surface area (Å²) in [6.45, 7) is 3.83. The highest BCUT2D eigenvalue weighted by Gasteiger charge is 2.21. The summed E-state index contributed by atoms with van der Waals surface area (Å²) in [4.78, 5) is 0.130. The SMILES string of the molecule is CCSCC(C)NS(=O)(=O)c1cc(C(N)=S)ccc1Cl. The van der Waals surface area contributed by atoms with Gasteiger partial charge in [0, 0.05) is 17.4 Å². The lowest BCUT2D eigenvalue weighted by Gasteiger charge is -2.15. The molecule has 1 aromatic rings. The van der Waals surface area contributed by atoms with Crippen molar-refractivity contribution in [2.24, 2.45) is 5.73 Å². The van der Waals surface area contributed by atoms with Gasteiger partial charge in [0.15, 0.2) is 0 Å². The third-order valence-electron chi connectivity index (χ3n) is 2.43. The second-order valence-electron chi connectivity index (χ2n) is 4.19. The van der Waals surface area contributed by atoms with Gasteiger partial charge >= 0.3 is 0 Å². The van der Waals surface area contributed by atoms with Crippen LogP contribution in [0.1, 0.15) is 19.4 Å². The lowest BCUT2D eigenvalue weighted by molar-refractivity contribution is 0.571. The minimum absolute atomic E-state index is 0.00202. The summed E-state index contributed by atoms with van der Waals surface area (Å²) in [5.41, 5.74) is 5.99. The van der Waals surface area contributed by atoms with Gasteiger partial charge in [-0.15, -0.1) is 0 Å². The molecule has 0 bridgehead atoms. The maximum Gasteiger partial charge on any atom is 0.242 e. The predicted octanol–water partition coefficient (Wildman–Crippen LogP) is 2.39. The molecule has 0 fully saturated rings. The van der Waals surface area contributed by atoms with Crippen LogP contribution in [0.3, 0.4) is 0 Å². The first kappa shape index (κ1) is 17.7. The van der Waals surface area contributed by atoms with Crippen molar-refractivity contribution >= 4 is 50.6 Å². The molecule has 0 radical (unpaired) electrons. The molecule has 3 N–H and O–H groups in total. The fourth-order valence-electron chi connectivity index (χ4n) is 1.52. The first-order chi connectivity index (χ1) is 9.27. The number of thioether (sulfide) groups is 1. The molecule has 112 valence electrons. The Morgan fingerprint density at radius 1 is 1.55 bits per heavy atom. The fraction of sp³-hybridized carbons (Fsp3) is 0.417. The van der Waals surface area contributed by atoms with Crippen LogP contribution in [0.5, 0.6) is 0 Å². The third kappa shape index (κ3) is 4.89. The van der Waals surface area contributed by atoms with Gasteiger partial charge in [0.05, 0.1) is 5.02 Å². The van der Waals surface area contributed by atoms with Gasteiger partial charge in [0.1, 0.15) is 9.88 Å². The molecule has 1 rings (SSSR count). The summed E-state index contributed by atoms with van der Waals surface area (Å²) in [5, 5.41) is 0.146. The van der Waals surface area contributed by atoms with Gasteiger partial charge in [0.2, 0.25) is 10.0 Å². The van der Waals surface area contributed by atoms with E-state index in [9.17, 15) is 8.42 Å². The van der Waals surface area contributed by atoms with Crippen LogP contribution < -0.4 is 10.5 Å². The van der Waals surface area contributed by atoms with Crippen molar-refractivity contribution in [3.8, 4) is 0 Å². The lowest BCUT2D eigenvalue weighted by atomic mass is 10.2. The van der Waals surface area contributed by atoms with E-state index in [0.29, 0.717) is 11.3 Å². The van der Waals surface area contributed by atoms with Gasteiger partial charge in [-0.1, -0.05) is 36.8 Å². The Bertz CT molecular complexity index is 590. The van der Waals surface area contributed by atoms with E-state index in [0.717, 1.165) is 5.75 Å². The first-order valence-corrected chi connectivity index (χ1v) is 9.39. The topological polar surface area (TPSA) is 72.2 Å². The zero-order valence-corrected chi connectivity index (χ0v) is 14.4. The highest BCUT2D eigenvalue weighted by Crippen LogP contribution is 2.23. The van der Waals surface area contributed by atoms with Crippen molar-refractivity contribution in [3.05, 3.63) is 28.8 Å². The number of nitrogens with two attached hydrogens (primary N) is 1. The Morgan fingerprint density at radius 3 is 2.75 bits per heavy atom. The van der Waals surface area contributed by atoms with E-state index in [1.165, 1.54) is 12.1 Å². The highest BCUT2D eigenvalue weighted by atomic mass is 35.5. The smallest absolute Gasteiger partial charge is 0.242 e. The maximum absolute atomic E-state index is 12.3. The van der Waals surface area contributed by atoms with Crippen molar-refractivity contribution in [2.75, 3.05) is 11.5 Å². The van der Waals surface area contributed by atoms with Crippen LogP contribution in [0.25, 0.3) is 0 Å². The Hall–Kier alpha value is -0.340. The van der Waals surface area contributed by atoms with Crippen molar-refractivity contribution in [3.63, 3.8) is 0 Å². The monoisotopic (exact) mass is 352 g/mol. The predicted molar refractivity (Wildman–Crippen MR) is 90.1 cm³/mol. The number of thiocarbonyl (C=S) groups is 1. The molecule has 0 heterocycles. The van der Waals surface area contributed by atoms with Crippen molar-refractivity contribution < 1.29 is 8.42 Å². The highest BCUT2D eigenvalue weighted by molar-refractivity contribution is 7.99. The Labute approximate surface area is 134 Å². The second-order valence-corrected chi connectivity index (χ2v) is 8.04. The van der Waals surface area contributed by atoms with Gasteiger partial charge < -0.3 is 5.73 Å². The molecule has 0 spiro atoms. The van der Waals surface area contributed by atoms with Crippen LogP contribution in [-0.2, 0) is 10.0 Å². The van der Waals surface area contributed by atoms with Gasteiger partial charge in [-0.25, -0.2) is 13.1 Å². The quantitative estimate of drug-likeness (QED) is 0.737. The standard InChI is InChI=1S/C12H17ClN2O2S3/c1-3-19-7-8(2)15-20(16,17)11-6-9(12(14)18)4-5-10(11)13/h4-6,8,15H,3,7H2,1-2H3,(H2,14,18). The number of hydrogen-bond acceptors (Lipinski definition) is 4.